The first-order valence-electron chi connectivity index (χ1n) is 9.18. The SMILES string of the molecule is Clc1cncc(OCC2CN(CCN3CCc4ccccc43)CCO2)c1. The summed E-state index contributed by atoms with van der Waals surface area (Å²) in [7, 11) is 0. The van der Waals surface area contributed by atoms with Crippen LogP contribution >= 0.6 is 11.6 Å². The molecule has 0 N–H and O–H groups in total. The van der Waals surface area contributed by atoms with Crippen LogP contribution in [-0.2, 0) is 11.2 Å². The van der Waals surface area contributed by atoms with Crippen molar-refractivity contribution in [1.29, 1.82) is 0 Å². The zero-order chi connectivity index (χ0) is 17.8. The lowest BCUT2D eigenvalue weighted by Crippen LogP contribution is -2.47. The molecule has 2 aromatic rings. The minimum absolute atomic E-state index is 0.0774. The Morgan fingerprint density at radius 1 is 1.19 bits per heavy atom. The first kappa shape index (κ1) is 17.6. The minimum Gasteiger partial charge on any atom is -0.489 e. The van der Waals surface area contributed by atoms with Crippen LogP contribution in [0.5, 0.6) is 5.75 Å². The number of rotatable bonds is 6. The maximum atomic E-state index is 5.94. The van der Waals surface area contributed by atoms with E-state index in [0.717, 1.165) is 45.8 Å². The number of benzene rings is 1. The van der Waals surface area contributed by atoms with E-state index in [-0.39, 0.29) is 6.10 Å². The summed E-state index contributed by atoms with van der Waals surface area (Å²) < 4.78 is 11.6. The molecule has 2 aliphatic rings. The molecule has 26 heavy (non-hydrogen) atoms. The number of anilines is 1. The number of morpholine rings is 1. The molecular weight excluding hydrogens is 350 g/mol. The van der Waals surface area contributed by atoms with Gasteiger partial charge in [-0.05, 0) is 18.1 Å². The van der Waals surface area contributed by atoms with Crippen LogP contribution in [0.25, 0.3) is 0 Å². The van der Waals surface area contributed by atoms with Gasteiger partial charge < -0.3 is 14.4 Å². The van der Waals surface area contributed by atoms with Crippen LogP contribution in [0.4, 0.5) is 5.69 Å². The van der Waals surface area contributed by atoms with Gasteiger partial charge in [0.15, 0.2) is 0 Å². The standard InChI is InChI=1S/C20H24ClN3O2/c21-17-11-18(13-22-12-17)26-15-19-14-23(9-10-25-19)7-8-24-6-5-16-3-1-2-4-20(16)24/h1-4,11-13,19H,5-10,14-15H2. The third kappa shape index (κ3) is 4.29. The van der Waals surface area contributed by atoms with Gasteiger partial charge in [-0.25, -0.2) is 0 Å². The fraction of sp³-hybridized carbons (Fsp3) is 0.450. The van der Waals surface area contributed by atoms with E-state index in [4.69, 9.17) is 21.1 Å². The van der Waals surface area contributed by atoms with Crippen molar-refractivity contribution in [2.75, 3.05) is 50.8 Å². The largest absolute Gasteiger partial charge is 0.489 e. The summed E-state index contributed by atoms with van der Waals surface area (Å²) >= 11 is 5.94. The monoisotopic (exact) mass is 373 g/mol. The van der Waals surface area contributed by atoms with Gasteiger partial charge in [0.2, 0.25) is 0 Å². The molecular formula is C20H24ClN3O2. The molecule has 1 fully saturated rings. The lowest BCUT2D eigenvalue weighted by Gasteiger charge is -2.34. The van der Waals surface area contributed by atoms with E-state index in [1.807, 2.05) is 0 Å². The molecule has 1 aromatic carbocycles. The number of hydrogen-bond donors (Lipinski definition) is 0. The van der Waals surface area contributed by atoms with E-state index in [9.17, 15) is 0 Å². The van der Waals surface area contributed by atoms with Gasteiger partial charge in [-0.1, -0.05) is 29.8 Å². The third-order valence-electron chi connectivity index (χ3n) is 5.01. The average Bonchev–Trinajstić information content (AvgIpc) is 3.08. The number of halogens is 1. The van der Waals surface area contributed by atoms with Crippen LogP contribution < -0.4 is 9.64 Å². The maximum absolute atomic E-state index is 5.94. The number of ether oxygens (including phenoxy) is 2. The van der Waals surface area contributed by atoms with E-state index >= 15 is 0 Å². The van der Waals surface area contributed by atoms with Crippen LogP contribution in [0.15, 0.2) is 42.7 Å². The first-order valence-corrected chi connectivity index (χ1v) is 9.56. The maximum Gasteiger partial charge on any atom is 0.139 e. The molecule has 3 heterocycles. The number of nitrogens with zero attached hydrogens (tertiary/aromatic N) is 3. The molecule has 0 radical (unpaired) electrons. The second kappa shape index (κ2) is 8.25. The van der Waals surface area contributed by atoms with Crippen molar-refractivity contribution >= 4 is 17.3 Å². The highest BCUT2D eigenvalue weighted by molar-refractivity contribution is 6.30. The Labute approximate surface area is 159 Å². The third-order valence-corrected chi connectivity index (χ3v) is 5.21. The van der Waals surface area contributed by atoms with Gasteiger partial charge in [0.1, 0.15) is 18.5 Å². The Balaban J connectivity index is 1.25. The summed E-state index contributed by atoms with van der Waals surface area (Å²) in [6.45, 7) is 6.37. The Hall–Kier alpha value is -1.82. The number of pyridine rings is 1. The second-order valence-corrected chi connectivity index (χ2v) is 7.25. The van der Waals surface area contributed by atoms with E-state index < -0.39 is 0 Å². The Bertz CT molecular complexity index is 743. The normalized spacial score (nSPS) is 20.2. The fourth-order valence-corrected chi connectivity index (χ4v) is 3.81. The van der Waals surface area contributed by atoms with Crippen molar-refractivity contribution < 1.29 is 9.47 Å². The second-order valence-electron chi connectivity index (χ2n) is 6.81. The molecule has 5 nitrogen and oxygen atoms in total. The van der Waals surface area contributed by atoms with Crippen molar-refractivity contribution in [2.45, 2.75) is 12.5 Å². The molecule has 4 rings (SSSR count). The highest BCUT2D eigenvalue weighted by Gasteiger charge is 2.23. The number of para-hydroxylation sites is 1. The molecule has 6 heteroatoms. The van der Waals surface area contributed by atoms with Crippen LogP contribution in [0.3, 0.4) is 0 Å². The number of hydrogen-bond acceptors (Lipinski definition) is 5. The van der Waals surface area contributed by atoms with Gasteiger partial charge in [-0.15, -0.1) is 0 Å². The first-order chi connectivity index (χ1) is 12.8. The van der Waals surface area contributed by atoms with Gasteiger partial charge in [0.25, 0.3) is 0 Å². The summed E-state index contributed by atoms with van der Waals surface area (Å²) in [4.78, 5) is 9.00. The summed E-state index contributed by atoms with van der Waals surface area (Å²) in [6, 6.07) is 10.5. The van der Waals surface area contributed by atoms with Gasteiger partial charge in [0.05, 0.1) is 17.8 Å². The summed E-state index contributed by atoms with van der Waals surface area (Å²) in [5.74, 6) is 0.687. The molecule has 1 unspecified atom stereocenters. The van der Waals surface area contributed by atoms with E-state index in [1.165, 1.54) is 11.3 Å². The highest BCUT2D eigenvalue weighted by Crippen LogP contribution is 2.27. The zero-order valence-corrected chi connectivity index (χ0v) is 15.6. The molecule has 138 valence electrons. The van der Waals surface area contributed by atoms with Gasteiger partial charge in [0, 0.05) is 50.7 Å². The van der Waals surface area contributed by atoms with Crippen LogP contribution in [0.2, 0.25) is 5.02 Å². The smallest absolute Gasteiger partial charge is 0.139 e. The molecule has 1 atom stereocenters. The Kier molecular flexibility index (Phi) is 5.58. The van der Waals surface area contributed by atoms with Crippen LogP contribution in [-0.4, -0.2) is 61.9 Å². The molecule has 1 saturated heterocycles. The molecule has 2 aliphatic heterocycles. The van der Waals surface area contributed by atoms with Crippen molar-refractivity contribution in [2.24, 2.45) is 0 Å². The molecule has 0 aliphatic carbocycles. The number of aromatic nitrogens is 1. The van der Waals surface area contributed by atoms with Crippen molar-refractivity contribution in [3.05, 3.63) is 53.3 Å². The van der Waals surface area contributed by atoms with E-state index in [0.29, 0.717) is 17.4 Å². The summed E-state index contributed by atoms with van der Waals surface area (Å²) in [6.07, 6.45) is 4.51. The van der Waals surface area contributed by atoms with Crippen molar-refractivity contribution in [3.63, 3.8) is 0 Å². The topological polar surface area (TPSA) is 37.8 Å². The molecule has 0 bridgehead atoms. The van der Waals surface area contributed by atoms with Crippen LogP contribution in [0.1, 0.15) is 5.56 Å². The fourth-order valence-electron chi connectivity index (χ4n) is 3.65. The Morgan fingerprint density at radius 2 is 2.12 bits per heavy atom. The van der Waals surface area contributed by atoms with Crippen molar-refractivity contribution in [1.82, 2.24) is 9.88 Å². The average molecular weight is 374 g/mol. The van der Waals surface area contributed by atoms with Gasteiger partial charge in [-0.3, -0.25) is 9.88 Å². The lowest BCUT2D eigenvalue weighted by molar-refractivity contribution is -0.0470. The Morgan fingerprint density at radius 3 is 3.04 bits per heavy atom. The van der Waals surface area contributed by atoms with Gasteiger partial charge in [-0.2, -0.15) is 0 Å². The number of fused-ring (bicyclic) bond motifs is 1. The summed E-state index contributed by atoms with van der Waals surface area (Å²) in [5, 5.41) is 0.583. The molecule has 0 spiro atoms. The zero-order valence-electron chi connectivity index (χ0n) is 14.8. The summed E-state index contributed by atoms with van der Waals surface area (Å²) in [5.41, 5.74) is 2.87. The van der Waals surface area contributed by atoms with Crippen molar-refractivity contribution in [3.8, 4) is 5.75 Å². The van der Waals surface area contributed by atoms with E-state index in [1.54, 1.807) is 18.5 Å². The van der Waals surface area contributed by atoms with Gasteiger partial charge >= 0.3 is 0 Å². The quantitative estimate of drug-likeness (QED) is 0.778. The predicted molar refractivity (Wildman–Crippen MR) is 103 cm³/mol. The molecule has 1 aromatic heterocycles. The minimum atomic E-state index is 0.0774. The predicted octanol–water partition coefficient (Wildman–Crippen LogP) is 2.88. The molecule has 0 saturated carbocycles. The van der Waals surface area contributed by atoms with Crippen LogP contribution in [0, 0.1) is 0 Å². The molecule has 0 amide bonds. The lowest BCUT2D eigenvalue weighted by atomic mass is 10.2. The highest BCUT2D eigenvalue weighted by atomic mass is 35.5. The van der Waals surface area contributed by atoms with E-state index in [2.05, 4.69) is 39.0 Å².